The van der Waals surface area contributed by atoms with Crippen molar-refractivity contribution in [3.05, 3.63) is 29.8 Å². The molecular weight excluding hydrogens is 298 g/mol. The molecule has 2 N–H and O–H groups in total. The van der Waals surface area contributed by atoms with Crippen molar-refractivity contribution in [1.29, 1.82) is 0 Å². The van der Waals surface area contributed by atoms with Crippen LogP contribution >= 0.6 is 12.2 Å². The van der Waals surface area contributed by atoms with E-state index in [-0.39, 0.29) is 18.2 Å². The van der Waals surface area contributed by atoms with E-state index in [0.29, 0.717) is 11.3 Å². The number of hydrogen-bond acceptors (Lipinski definition) is 3. The van der Waals surface area contributed by atoms with Crippen LogP contribution in [0.5, 0.6) is 5.75 Å². The number of rotatable bonds is 8. The number of thiocarbonyl (C=S) groups is 1. The van der Waals surface area contributed by atoms with Crippen LogP contribution < -0.4 is 10.5 Å². The molecule has 0 radical (unpaired) electrons. The van der Waals surface area contributed by atoms with Gasteiger partial charge in [0, 0.05) is 5.56 Å². The average molecular weight is 311 g/mol. The maximum atomic E-state index is 12.5. The molecular formula is C12H13F4NO2S. The maximum Gasteiger partial charge on any atom is 0.330 e. The largest absolute Gasteiger partial charge is 0.491 e. The predicted octanol–water partition coefficient (Wildman–Crippen LogP) is 2.62. The second-order valence-electron chi connectivity index (χ2n) is 3.85. The van der Waals surface area contributed by atoms with Gasteiger partial charge in [-0.25, -0.2) is 8.78 Å². The summed E-state index contributed by atoms with van der Waals surface area (Å²) in [7, 11) is 0. The molecule has 0 fully saturated rings. The fourth-order valence-corrected chi connectivity index (χ4v) is 1.34. The number of alkyl halides is 4. The molecule has 1 rings (SSSR count). The molecule has 0 amide bonds. The third-order valence-corrected chi connectivity index (χ3v) is 2.48. The number of hydrogen-bond donors (Lipinski definition) is 1. The first-order valence-electron chi connectivity index (χ1n) is 5.59. The molecule has 0 unspecified atom stereocenters. The maximum absolute atomic E-state index is 12.5. The van der Waals surface area contributed by atoms with Gasteiger partial charge in [-0.1, -0.05) is 12.2 Å². The van der Waals surface area contributed by atoms with Gasteiger partial charge >= 0.3 is 12.3 Å². The van der Waals surface area contributed by atoms with Gasteiger partial charge in [0.15, 0.2) is 0 Å². The van der Waals surface area contributed by atoms with E-state index in [1.54, 1.807) is 24.3 Å². The molecule has 0 aliphatic rings. The van der Waals surface area contributed by atoms with Crippen molar-refractivity contribution < 1.29 is 27.0 Å². The van der Waals surface area contributed by atoms with Crippen molar-refractivity contribution in [2.45, 2.75) is 12.3 Å². The fraction of sp³-hybridized carbons (Fsp3) is 0.417. The van der Waals surface area contributed by atoms with Crippen LogP contribution in [-0.4, -0.2) is 37.2 Å². The highest BCUT2D eigenvalue weighted by atomic mass is 32.1. The Morgan fingerprint density at radius 1 is 1.20 bits per heavy atom. The summed E-state index contributed by atoms with van der Waals surface area (Å²) >= 11 is 4.77. The van der Waals surface area contributed by atoms with Crippen LogP contribution in [-0.2, 0) is 4.74 Å². The molecule has 1 aromatic carbocycles. The third kappa shape index (κ3) is 5.30. The Morgan fingerprint density at radius 3 is 2.30 bits per heavy atom. The van der Waals surface area contributed by atoms with Crippen LogP contribution in [0.15, 0.2) is 24.3 Å². The monoisotopic (exact) mass is 311 g/mol. The highest BCUT2D eigenvalue weighted by Gasteiger charge is 2.40. The molecule has 112 valence electrons. The van der Waals surface area contributed by atoms with Crippen molar-refractivity contribution >= 4 is 17.2 Å². The first kappa shape index (κ1) is 16.6. The summed E-state index contributed by atoms with van der Waals surface area (Å²) in [5, 5.41) is 0. The Kier molecular flexibility index (Phi) is 6.15. The van der Waals surface area contributed by atoms with E-state index in [9.17, 15) is 17.6 Å². The molecule has 0 aromatic heterocycles. The van der Waals surface area contributed by atoms with E-state index < -0.39 is 19.0 Å². The van der Waals surface area contributed by atoms with Gasteiger partial charge in [0.05, 0.1) is 6.61 Å². The Hall–Kier alpha value is -1.41. The summed E-state index contributed by atoms with van der Waals surface area (Å²) < 4.78 is 58.2. The summed E-state index contributed by atoms with van der Waals surface area (Å²) in [6, 6.07) is 6.48. The molecule has 0 bridgehead atoms. The number of benzene rings is 1. The zero-order chi connectivity index (χ0) is 15.2. The molecule has 0 heterocycles. The highest BCUT2D eigenvalue weighted by Crippen LogP contribution is 2.22. The van der Waals surface area contributed by atoms with Gasteiger partial charge in [0.1, 0.15) is 24.0 Å². The minimum atomic E-state index is -4.14. The van der Waals surface area contributed by atoms with Crippen molar-refractivity contribution in [3.8, 4) is 5.75 Å². The molecule has 0 aliphatic heterocycles. The smallest absolute Gasteiger partial charge is 0.330 e. The molecule has 0 atom stereocenters. The Balaban J connectivity index is 2.26. The van der Waals surface area contributed by atoms with Gasteiger partial charge in [-0.15, -0.1) is 0 Å². The van der Waals surface area contributed by atoms with E-state index in [2.05, 4.69) is 4.74 Å². The molecule has 3 nitrogen and oxygen atoms in total. The van der Waals surface area contributed by atoms with Crippen molar-refractivity contribution in [2.24, 2.45) is 5.73 Å². The molecule has 8 heteroatoms. The van der Waals surface area contributed by atoms with Gasteiger partial charge < -0.3 is 15.2 Å². The second kappa shape index (κ2) is 7.39. The summed E-state index contributed by atoms with van der Waals surface area (Å²) in [6.07, 6.45) is -3.74. The SMILES string of the molecule is NC(=S)c1ccc(OCCOCC(F)(F)C(F)F)cc1. The topological polar surface area (TPSA) is 44.5 Å². The molecule has 0 saturated heterocycles. The molecule has 0 saturated carbocycles. The highest BCUT2D eigenvalue weighted by molar-refractivity contribution is 7.80. The van der Waals surface area contributed by atoms with Crippen LogP contribution in [0.1, 0.15) is 5.56 Å². The van der Waals surface area contributed by atoms with E-state index in [1.165, 1.54) is 0 Å². The predicted molar refractivity (Wildman–Crippen MR) is 69.6 cm³/mol. The fourth-order valence-electron chi connectivity index (χ4n) is 1.21. The Labute approximate surface area is 118 Å². The van der Waals surface area contributed by atoms with Crippen LogP contribution in [0.25, 0.3) is 0 Å². The van der Waals surface area contributed by atoms with E-state index >= 15 is 0 Å². The van der Waals surface area contributed by atoms with Crippen LogP contribution in [0.4, 0.5) is 17.6 Å². The van der Waals surface area contributed by atoms with Gasteiger partial charge in [-0.05, 0) is 24.3 Å². The Morgan fingerprint density at radius 2 is 1.80 bits per heavy atom. The Bertz CT molecular complexity index is 440. The van der Waals surface area contributed by atoms with Gasteiger partial charge in [-0.2, -0.15) is 8.78 Å². The van der Waals surface area contributed by atoms with Crippen LogP contribution in [0.3, 0.4) is 0 Å². The summed E-state index contributed by atoms with van der Waals surface area (Å²) in [4.78, 5) is 0.245. The van der Waals surface area contributed by atoms with Gasteiger partial charge in [0.25, 0.3) is 0 Å². The number of halogens is 4. The molecule has 20 heavy (non-hydrogen) atoms. The number of nitrogens with two attached hydrogens (primary N) is 1. The van der Waals surface area contributed by atoms with Crippen molar-refractivity contribution in [1.82, 2.24) is 0 Å². The quantitative estimate of drug-likeness (QED) is 0.455. The van der Waals surface area contributed by atoms with Crippen LogP contribution in [0.2, 0.25) is 0 Å². The molecule has 0 spiro atoms. The summed E-state index contributed by atoms with van der Waals surface area (Å²) in [5.41, 5.74) is 6.07. The van der Waals surface area contributed by atoms with E-state index in [1.807, 2.05) is 0 Å². The zero-order valence-electron chi connectivity index (χ0n) is 10.3. The standard InChI is InChI=1S/C12H13F4NO2S/c13-11(14)12(15,16)7-18-5-6-19-9-3-1-8(2-4-9)10(17)20/h1-4,11H,5-7H2,(H2,17,20). The van der Waals surface area contributed by atoms with Crippen molar-refractivity contribution in [3.63, 3.8) is 0 Å². The average Bonchev–Trinajstić information content (AvgIpc) is 2.38. The lowest BCUT2D eigenvalue weighted by molar-refractivity contribution is -0.166. The summed E-state index contributed by atoms with van der Waals surface area (Å²) in [5.74, 6) is -3.67. The first-order chi connectivity index (χ1) is 9.33. The molecule has 1 aromatic rings. The van der Waals surface area contributed by atoms with Crippen molar-refractivity contribution in [2.75, 3.05) is 19.8 Å². The third-order valence-electron chi connectivity index (χ3n) is 2.25. The van der Waals surface area contributed by atoms with Gasteiger partial charge in [0.2, 0.25) is 0 Å². The lowest BCUT2D eigenvalue weighted by Crippen LogP contribution is -2.33. The minimum Gasteiger partial charge on any atom is -0.491 e. The lowest BCUT2D eigenvalue weighted by atomic mass is 10.2. The van der Waals surface area contributed by atoms with Gasteiger partial charge in [-0.3, -0.25) is 0 Å². The van der Waals surface area contributed by atoms with E-state index in [0.717, 1.165) is 0 Å². The number of ether oxygens (including phenoxy) is 2. The first-order valence-corrected chi connectivity index (χ1v) is 6.00. The lowest BCUT2D eigenvalue weighted by Gasteiger charge is -2.15. The minimum absolute atomic E-state index is 0.0360. The van der Waals surface area contributed by atoms with Crippen LogP contribution in [0, 0.1) is 0 Å². The second-order valence-corrected chi connectivity index (χ2v) is 4.29. The summed E-state index contributed by atoms with van der Waals surface area (Å²) in [6.45, 7) is -1.60. The normalized spacial score (nSPS) is 11.7. The zero-order valence-corrected chi connectivity index (χ0v) is 11.1. The molecule has 0 aliphatic carbocycles. The van der Waals surface area contributed by atoms with E-state index in [4.69, 9.17) is 22.7 Å².